The van der Waals surface area contributed by atoms with E-state index in [1.54, 1.807) is 18.2 Å². The molecule has 3 heteroatoms. The molecule has 19 heavy (non-hydrogen) atoms. The predicted octanol–water partition coefficient (Wildman–Crippen LogP) is 4.63. The molecule has 0 amide bonds. The van der Waals surface area contributed by atoms with E-state index in [-0.39, 0.29) is 5.78 Å². The number of halogens is 1. The zero-order valence-corrected chi connectivity index (χ0v) is 11.1. The summed E-state index contributed by atoms with van der Waals surface area (Å²) < 4.78 is 5.56. The molecule has 1 heterocycles. The largest absolute Gasteiger partial charge is 0.453 e. The molecule has 94 valence electrons. The van der Waals surface area contributed by atoms with Gasteiger partial charge in [0, 0.05) is 16.0 Å². The van der Waals surface area contributed by atoms with Crippen molar-refractivity contribution in [3.63, 3.8) is 0 Å². The van der Waals surface area contributed by atoms with Crippen LogP contribution < -0.4 is 0 Å². The number of fused-ring (bicyclic) bond motifs is 1. The first-order valence-electron chi connectivity index (χ1n) is 5.94. The molecular formula is C16H11ClO2. The minimum Gasteiger partial charge on any atom is -0.453 e. The second-order valence-corrected chi connectivity index (χ2v) is 4.85. The first kappa shape index (κ1) is 12.0. The topological polar surface area (TPSA) is 30.2 Å². The number of para-hydroxylation sites is 1. The molecule has 0 saturated carbocycles. The van der Waals surface area contributed by atoms with E-state index in [0.717, 1.165) is 10.9 Å². The summed E-state index contributed by atoms with van der Waals surface area (Å²) in [6.07, 6.45) is 0. The monoisotopic (exact) mass is 270 g/mol. The molecule has 0 fully saturated rings. The lowest BCUT2D eigenvalue weighted by atomic mass is 10.1. The van der Waals surface area contributed by atoms with Crippen LogP contribution in [0, 0.1) is 6.92 Å². The van der Waals surface area contributed by atoms with E-state index in [9.17, 15) is 4.79 Å². The maximum atomic E-state index is 12.3. The minimum atomic E-state index is -0.155. The average molecular weight is 271 g/mol. The van der Waals surface area contributed by atoms with Crippen molar-refractivity contribution < 1.29 is 9.21 Å². The van der Waals surface area contributed by atoms with Gasteiger partial charge in [0.05, 0.1) is 0 Å². The van der Waals surface area contributed by atoms with Gasteiger partial charge < -0.3 is 4.42 Å². The zero-order valence-electron chi connectivity index (χ0n) is 10.3. The summed E-state index contributed by atoms with van der Waals surface area (Å²) in [5.74, 6) is 0.180. The molecule has 1 aromatic heterocycles. The summed E-state index contributed by atoms with van der Waals surface area (Å²) in [5, 5.41) is 1.51. The molecule has 0 atom stereocenters. The Labute approximate surface area is 115 Å². The average Bonchev–Trinajstić information content (AvgIpc) is 2.85. The van der Waals surface area contributed by atoms with Crippen LogP contribution >= 0.6 is 11.6 Å². The molecule has 0 aliphatic heterocycles. The summed E-state index contributed by atoms with van der Waals surface area (Å²) in [4.78, 5) is 12.3. The van der Waals surface area contributed by atoms with Crippen molar-refractivity contribution in [3.8, 4) is 0 Å². The molecular weight excluding hydrogens is 260 g/mol. The third-order valence-electron chi connectivity index (χ3n) is 3.08. The molecule has 3 rings (SSSR count). The van der Waals surface area contributed by atoms with E-state index < -0.39 is 0 Å². The molecule has 2 aromatic carbocycles. The van der Waals surface area contributed by atoms with Gasteiger partial charge in [0.2, 0.25) is 5.78 Å². The highest BCUT2D eigenvalue weighted by Gasteiger charge is 2.15. The Hall–Kier alpha value is -2.06. The summed E-state index contributed by atoms with van der Waals surface area (Å²) in [6.45, 7) is 1.90. The smallest absolute Gasteiger partial charge is 0.228 e. The van der Waals surface area contributed by atoms with Crippen LogP contribution in [0.4, 0.5) is 0 Å². The number of carbonyl (C=O) groups excluding carboxylic acids is 1. The first-order chi connectivity index (χ1) is 9.15. The molecule has 0 saturated heterocycles. The van der Waals surface area contributed by atoms with E-state index in [4.69, 9.17) is 16.0 Å². The van der Waals surface area contributed by atoms with Gasteiger partial charge in [0.15, 0.2) is 5.76 Å². The molecule has 0 N–H and O–H groups in total. The van der Waals surface area contributed by atoms with Gasteiger partial charge in [-0.1, -0.05) is 41.9 Å². The van der Waals surface area contributed by atoms with Crippen LogP contribution in [-0.4, -0.2) is 5.78 Å². The van der Waals surface area contributed by atoms with Gasteiger partial charge in [-0.15, -0.1) is 0 Å². The maximum Gasteiger partial charge on any atom is 0.228 e. The summed E-state index contributed by atoms with van der Waals surface area (Å²) >= 11 is 6.04. The molecule has 0 radical (unpaired) electrons. The van der Waals surface area contributed by atoms with Crippen LogP contribution in [0.2, 0.25) is 5.02 Å². The van der Waals surface area contributed by atoms with Crippen LogP contribution in [0.25, 0.3) is 11.0 Å². The number of benzene rings is 2. The van der Waals surface area contributed by atoms with Crippen molar-refractivity contribution >= 4 is 28.4 Å². The van der Waals surface area contributed by atoms with Crippen molar-refractivity contribution in [3.05, 3.63) is 70.4 Å². The number of carbonyl (C=O) groups is 1. The fourth-order valence-electron chi connectivity index (χ4n) is 1.97. The van der Waals surface area contributed by atoms with Crippen molar-refractivity contribution in [1.29, 1.82) is 0 Å². The minimum absolute atomic E-state index is 0.155. The zero-order chi connectivity index (χ0) is 13.4. The molecule has 0 aliphatic rings. The Balaban J connectivity index is 2.05. The second kappa shape index (κ2) is 4.56. The van der Waals surface area contributed by atoms with Crippen LogP contribution in [-0.2, 0) is 0 Å². The second-order valence-electron chi connectivity index (χ2n) is 4.44. The quantitative estimate of drug-likeness (QED) is 0.636. The number of ketones is 1. The standard InChI is InChI=1S/C16H11ClO2/c1-10-6-7-12(8-13(10)17)16(18)15-9-11-4-2-3-5-14(11)19-15/h2-9H,1H3. The third-order valence-corrected chi connectivity index (χ3v) is 3.49. The Bertz CT molecular complexity index is 738. The van der Waals surface area contributed by atoms with Crippen molar-refractivity contribution in [2.75, 3.05) is 0 Å². The third kappa shape index (κ3) is 2.15. The number of hydrogen-bond acceptors (Lipinski definition) is 2. The summed E-state index contributed by atoms with van der Waals surface area (Å²) in [7, 11) is 0. The predicted molar refractivity (Wildman–Crippen MR) is 75.8 cm³/mol. The van der Waals surface area contributed by atoms with Crippen molar-refractivity contribution in [1.82, 2.24) is 0 Å². The van der Waals surface area contributed by atoms with Gasteiger partial charge in [0.25, 0.3) is 0 Å². The Kier molecular flexibility index (Phi) is 2.88. The lowest BCUT2D eigenvalue weighted by molar-refractivity contribution is 0.101. The fourth-order valence-corrected chi connectivity index (χ4v) is 2.15. The Morgan fingerprint density at radius 3 is 2.63 bits per heavy atom. The molecule has 3 aromatic rings. The van der Waals surface area contributed by atoms with Gasteiger partial charge in [-0.05, 0) is 30.7 Å². The van der Waals surface area contributed by atoms with Gasteiger partial charge >= 0.3 is 0 Å². The molecule has 2 nitrogen and oxygen atoms in total. The van der Waals surface area contributed by atoms with E-state index in [2.05, 4.69) is 0 Å². The Morgan fingerprint density at radius 1 is 1.11 bits per heavy atom. The van der Waals surface area contributed by atoms with Gasteiger partial charge in [-0.25, -0.2) is 0 Å². The van der Waals surface area contributed by atoms with Gasteiger partial charge in [-0.3, -0.25) is 4.79 Å². The van der Waals surface area contributed by atoms with E-state index in [1.807, 2.05) is 37.3 Å². The van der Waals surface area contributed by atoms with E-state index >= 15 is 0 Å². The number of aryl methyl sites for hydroxylation is 1. The first-order valence-corrected chi connectivity index (χ1v) is 6.32. The van der Waals surface area contributed by atoms with Gasteiger partial charge in [0.1, 0.15) is 5.58 Å². The van der Waals surface area contributed by atoms with E-state index in [0.29, 0.717) is 21.9 Å². The molecule has 0 unspecified atom stereocenters. The lowest BCUT2D eigenvalue weighted by Crippen LogP contribution is -1.99. The number of hydrogen-bond donors (Lipinski definition) is 0. The number of furan rings is 1. The van der Waals surface area contributed by atoms with Crippen molar-refractivity contribution in [2.45, 2.75) is 6.92 Å². The maximum absolute atomic E-state index is 12.3. The summed E-state index contributed by atoms with van der Waals surface area (Å²) in [6, 6.07) is 14.6. The summed E-state index contributed by atoms with van der Waals surface area (Å²) in [5.41, 5.74) is 2.20. The van der Waals surface area contributed by atoms with Crippen LogP contribution in [0.3, 0.4) is 0 Å². The van der Waals surface area contributed by atoms with Crippen LogP contribution in [0.1, 0.15) is 21.7 Å². The van der Waals surface area contributed by atoms with Gasteiger partial charge in [-0.2, -0.15) is 0 Å². The SMILES string of the molecule is Cc1ccc(C(=O)c2cc3ccccc3o2)cc1Cl. The highest BCUT2D eigenvalue weighted by Crippen LogP contribution is 2.23. The van der Waals surface area contributed by atoms with Crippen LogP contribution in [0.5, 0.6) is 0 Å². The Morgan fingerprint density at radius 2 is 1.89 bits per heavy atom. The molecule has 0 aliphatic carbocycles. The normalized spacial score (nSPS) is 10.8. The molecule has 0 bridgehead atoms. The van der Waals surface area contributed by atoms with Crippen molar-refractivity contribution in [2.24, 2.45) is 0 Å². The highest BCUT2D eigenvalue weighted by atomic mass is 35.5. The van der Waals surface area contributed by atoms with E-state index in [1.165, 1.54) is 0 Å². The number of rotatable bonds is 2. The lowest BCUT2D eigenvalue weighted by Gasteiger charge is -2.01. The fraction of sp³-hybridized carbons (Fsp3) is 0.0625. The highest BCUT2D eigenvalue weighted by molar-refractivity contribution is 6.31. The van der Waals surface area contributed by atoms with Crippen LogP contribution in [0.15, 0.2) is 52.9 Å². The molecule has 0 spiro atoms.